The summed E-state index contributed by atoms with van der Waals surface area (Å²) in [5.74, 6) is 6.09. The zero-order chi connectivity index (χ0) is 9.80. The Labute approximate surface area is 92.1 Å². The van der Waals surface area contributed by atoms with Crippen molar-refractivity contribution in [2.75, 3.05) is 5.33 Å². The van der Waals surface area contributed by atoms with Crippen molar-refractivity contribution in [3.05, 3.63) is 48.0 Å². The number of hydrogen-bond acceptors (Lipinski definition) is 0. The number of halogens is 1. The lowest BCUT2D eigenvalue weighted by Gasteiger charge is -1.96. The maximum Gasteiger partial charge on any atom is 0.0649 e. The third-order valence-electron chi connectivity index (χ3n) is 2.05. The standard InChI is InChI=1S/C13H9Br/c14-9-3-4-11-7-8-12-5-1-2-6-13(12)10-11/h1-2,5-8,10H,9H2. The summed E-state index contributed by atoms with van der Waals surface area (Å²) >= 11 is 3.28. The van der Waals surface area contributed by atoms with Gasteiger partial charge in [-0.2, -0.15) is 0 Å². The molecule has 0 aliphatic rings. The summed E-state index contributed by atoms with van der Waals surface area (Å²) in [4.78, 5) is 0. The minimum atomic E-state index is 0.722. The minimum absolute atomic E-state index is 0.722. The molecule has 0 aliphatic heterocycles. The number of hydrogen-bond donors (Lipinski definition) is 0. The van der Waals surface area contributed by atoms with Crippen LogP contribution >= 0.6 is 15.9 Å². The Bertz CT molecular complexity index is 503. The molecule has 0 radical (unpaired) electrons. The molecular formula is C13H9Br. The van der Waals surface area contributed by atoms with E-state index >= 15 is 0 Å². The molecule has 0 N–H and O–H groups in total. The molecule has 0 nitrogen and oxygen atoms in total. The molecule has 2 aromatic carbocycles. The molecule has 1 heteroatoms. The van der Waals surface area contributed by atoms with Gasteiger partial charge >= 0.3 is 0 Å². The quantitative estimate of drug-likeness (QED) is 0.491. The monoisotopic (exact) mass is 244 g/mol. The van der Waals surface area contributed by atoms with E-state index in [1.807, 2.05) is 12.1 Å². The lowest BCUT2D eigenvalue weighted by Crippen LogP contribution is -1.76. The fourth-order valence-electron chi connectivity index (χ4n) is 1.40. The van der Waals surface area contributed by atoms with Gasteiger partial charge in [0.25, 0.3) is 0 Å². The molecule has 0 saturated carbocycles. The van der Waals surface area contributed by atoms with E-state index < -0.39 is 0 Å². The van der Waals surface area contributed by atoms with Crippen LogP contribution in [-0.4, -0.2) is 5.33 Å². The van der Waals surface area contributed by atoms with Crippen molar-refractivity contribution in [1.29, 1.82) is 0 Å². The van der Waals surface area contributed by atoms with Gasteiger partial charge in [0.1, 0.15) is 0 Å². The topological polar surface area (TPSA) is 0 Å². The highest BCUT2D eigenvalue weighted by Gasteiger charge is 1.91. The van der Waals surface area contributed by atoms with Crippen molar-refractivity contribution in [3.8, 4) is 11.8 Å². The van der Waals surface area contributed by atoms with E-state index in [0.29, 0.717) is 0 Å². The van der Waals surface area contributed by atoms with Crippen molar-refractivity contribution < 1.29 is 0 Å². The van der Waals surface area contributed by atoms with Crippen molar-refractivity contribution in [3.63, 3.8) is 0 Å². The largest absolute Gasteiger partial charge is 0.0863 e. The molecule has 0 aliphatic carbocycles. The average molecular weight is 245 g/mol. The molecule has 2 aromatic rings. The number of alkyl halides is 1. The van der Waals surface area contributed by atoms with Gasteiger partial charge in [0, 0.05) is 5.56 Å². The molecule has 0 fully saturated rings. The zero-order valence-electron chi connectivity index (χ0n) is 7.63. The van der Waals surface area contributed by atoms with Crippen LogP contribution < -0.4 is 0 Å². The van der Waals surface area contributed by atoms with E-state index in [4.69, 9.17) is 0 Å². The van der Waals surface area contributed by atoms with Crippen molar-refractivity contribution in [2.24, 2.45) is 0 Å². The molecule has 0 bridgehead atoms. The maximum absolute atomic E-state index is 3.28. The van der Waals surface area contributed by atoms with Gasteiger partial charge in [-0.25, -0.2) is 0 Å². The molecule has 0 heterocycles. The van der Waals surface area contributed by atoms with E-state index in [-0.39, 0.29) is 0 Å². The molecule has 0 unspecified atom stereocenters. The first-order chi connectivity index (χ1) is 6.90. The van der Waals surface area contributed by atoms with E-state index in [0.717, 1.165) is 10.9 Å². The molecule has 0 amide bonds. The van der Waals surface area contributed by atoms with E-state index in [9.17, 15) is 0 Å². The first-order valence-electron chi connectivity index (χ1n) is 4.44. The fraction of sp³-hybridized carbons (Fsp3) is 0.0769. The van der Waals surface area contributed by atoms with Gasteiger partial charge in [-0.05, 0) is 22.9 Å². The average Bonchev–Trinajstić information content (AvgIpc) is 2.26. The van der Waals surface area contributed by atoms with Crippen molar-refractivity contribution in [1.82, 2.24) is 0 Å². The molecule has 0 spiro atoms. The molecule has 0 atom stereocenters. The first kappa shape index (κ1) is 9.30. The maximum atomic E-state index is 3.28. The molecule has 0 aromatic heterocycles. The van der Waals surface area contributed by atoms with Gasteiger partial charge in [0.2, 0.25) is 0 Å². The Kier molecular flexibility index (Phi) is 2.86. The van der Waals surface area contributed by atoms with Crippen LogP contribution in [0.25, 0.3) is 10.8 Å². The Morgan fingerprint density at radius 1 is 1.00 bits per heavy atom. The van der Waals surface area contributed by atoms with Gasteiger partial charge in [-0.3, -0.25) is 0 Å². The number of rotatable bonds is 0. The molecule has 0 saturated heterocycles. The number of benzene rings is 2. The van der Waals surface area contributed by atoms with Gasteiger partial charge < -0.3 is 0 Å². The summed E-state index contributed by atoms with van der Waals surface area (Å²) in [5.41, 5.74) is 1.07. The van der Waals surface area contributed by atoms with E-state index in [1.54, 1.807) is 0 Å². The van der Waals surface area contributed by atoms with Gasteiger partial charge in [0.05, 0.1) is 5.33 Å². The highest BCUT2D eigenvalue weighted by molar-refractivity contribution is 9.09. The lowest BCUT2D eigenvalue weighted by molar-refractivity contribution is 1.69. The summed E-state index contributed by atoms with van der Waals surface area (Å²) in [6.07, 6.45) is 0. The van der Waals surface area contributed by atoms with Crippen LogP contribution in [0, 0.1) is 11.8 Å². The third-order valence-corrected chi connectivity index (χ3v) is 2.33. The zero-order valence-corrected chi connectivity index (χ0v) is 9.21. The van der Waals surface area contributed by atoms with Gasteiger partial charge in [0.15, 0.2) is 0 Å². The second kappa shape index (κ2) is 4.30. The summed E-state index contributed by atoms with van der Waals surface area (Å²) in [5, 5.41) is 3.23. The number of fused-ring (bicyclic) bond motifs is 1. The third kappa shape index (κ3) is 1.97. The van der Waals surface area contributed by atoms with E-state index in [2.05, 4.69) is 58.1 Å². The Morgan fingerprint density at radius 2 is 1.79 bits per heavy atom. The highest BCUT2D eigenvalue weighted by Crippen LogP contribution is 2.14. The Hall–Kier alpha value is -1.26. The van der Waals surface area contributed by atoms with Crippen LogP contribution in [0.3, 0.4) is 0 Å². The highest BCUT2D eigenvalue weighted by atomic mass is 79.9. The predicted molar refractivity (Wildman–Crippen MR) is 64.6 cm³/mol. The molecule has 68 valence electrons. The fourth-order valence-corrected chi connectivity index (χ4v) is 1.54. The van der Waals surface area contributed by atoms with E-state index in [1.165, 1.54) is 10.8 Å². The normalized spacial score (nSPS) is 9.50. The Balaban J connectivity index is 2.51. The Morgan fingerprint density at radius 3 is 2.57 bits per heavy atom. The van der Waals surface area contributed by atoms with Crippen LogP contribution in [0.5, 0.6) is 0 Å². The summed E-state index contributed by atoms with van der Waals surface area (Å²) < 4.78 is 0. The second-order valence-electron chi connectivity index (χ2n) is 3.00. The van der Waals surface area contributed by atoms with Gasteiger partial charge in [-0.1, -0.05) is 58.1 Å². The summed E-state index contributed by atoms with van der Waals surface area (Å²) in [7, 11) is 0. The second-order valence-corrected chi connectivity index (χ2v) is 3.56. The minimum Gasteiger partial charge on any atom is -0.0863 e. The van der Waals surface area contributed by atoms with Crippen LogP contribution in [0.2, 0.25) is 0 Å². The summed E-state index contributed by atoms with van der Waals surface area (Å²) in [6.45, 7) is 0. The molecule has 2 rings (SSSR count). The summed E-state index contributed by atoms with van der Waals surface area (Å²) in [6, 6.07) is 14.6. The van der Waals surface area contributed by atoms with Crippen LogP contribution in [-0.2, 0) is 0 Å². The first-order valence-corrected chi connectivity index (χ1v) is 5.56. The van der Waals surface area contributed by atoms with Crippen LogP contribution in [0.1, 0.15) is 5.56 Å². The van der Waals surface area contributed by atoms with Crippen LogP contribution in [0.15, 0.2) is 42.5 Å². The lowest BCUT2D eigenvalue weighted by atomic mass is 10.1. The molecular weight excluding hydrogens is 236 g/mol. The SMILES string of the molecule is BrCC#Cc1ccc2ccccc2c1. The van der Waals surface area contributed by atoms with Crippen LogP contribution in [0.4, 0.5) is 0 Å². The van der Waals surface area contributed by atoms with Gasteiger partial charge in [-0.15, -0.1) is 0 Å². The van der Waals surface area contributed by atoms with Crippen molar-refractivity contribution in [2.45, 2.75) is 0 Å². The van der Waals surface area contributed by atoms with Crippen molar-refractivity contribution >= 4 is 26.7 Å². The predicted octanol–water partition coefficient (Wildman–Crippen LogP) is 3.59. The smallest absolute Gasteiger partial charge is 0.0649 e. The molecule has 14 heavy (non-hydrogen) atoms.